The standard InChI is InChI=1S/C15H14N/c1-2-8-15(9-3-1)16-11-10-13-6-4-5-7-14(13)12-16/h1-3,5-9H,10-12H2. The minimum atomic E-state index is 1.02. The number of nitrogens with zero attached hydrogens (tertiary/aromatic N) is 1. The van der Waals surface area contributed by atoms with E-state index in [2.05, 4.69) is 53.4 Å². The van der Waals surface area contributed by atoms with E-state index >= 15 is 0 Å². The first kappa shape index (κ1) is 9.46. The lowest BCUT2D eigenvalue weighted by Crippen LogP contribution is -2.30. The minimum Gasteiger partial charge on any atom is -0.367 e. The highest BCUT2D eigenvalue weighted by Crippen LogP contribution is 2.23. The van der Waals surface area contributed by atoms with E-state index in [0.29, 0.717) is 0 Å². The summed E-state index contributed by atoms with van der Waals surface area (Å²) >= 11 is 0. The predicted molar refractivity (Wildman–Crippen MR) is 66.5 cm³/mol. The molecule has 0 unspecified atom stereocenters. The fourth-order valence-corrected chi connectivity index (χ4v) is 2.28. The number of hydrogen-bond donors (Lipinski definition) is 0. The van der Waals surface area contributed by atoms with Crippen molar-refractivity contribution in [1.82, 2.24) is 0 Å². The Bertz CT molecular complexity index is 476. The zero-order valence-corrected chi connectivity index (χ0v) is 9.19. The second-order valence-electron chi connectivity index (χ2n) is 4.20. The Morgan fingerprint density at radius 2 is 1.88 bits per heavy atom. The van der Waals surface area contributed by atoms with Crippen LogP contribution in [0.2, 0.25) is 0 Å². The van der Waals surface area contributed by atoms with E-state index in [1.807, 2.05) is 6.07 Å². The third-order valence-corrected chi connectivity index (χ3v) is 3.18. The first-order chi connectivity index (χ1) is 7.93. The van der Waals surface area contributed by atoms with Crippen molar-refractivity contribution in [3.8, 4) is 0 Å². The maximum Gasteiger partial charge on any atom is 0.0432 e. The lowest BCUT2D eigenvalue weighted by molar-refractivity contribution is 0.731. The molecule has 0 aromatic heterocycles. The Labute approximate surface area is 96.3 Å². The van der Waals surface area contributed by atoms with Gasteiger partial charge in [0.15, 0.2) is 0 Å². The van der Waals surface area contributed by atoms with Gasteiger partial charge in [-0.15, -0.1) is 0 Å². The van der Waals surface area contributed by atoms with Gasteiger partial charge in [-0.2, -0.15) is 0 Å². The van der Waals surface area contributed by atoms with Crippen LogP contribution in [0.5, 0.6) is 0 Å². The van der Waals surface area contributed by atoms with Crippen LogP contribution < -0.4 is 4.90 Å². The lowest BCUT2D eigenvalue weighted by atomic mass is 9.99. The van der Waals surface area contributed by atoms with Crippen molar-refractivity contribution < 1.29 is 0 Å². The van der Waals surface area contributed by atoms with Crippen LogP contribution in [-0.4, -0.2) is 6.54 Å². The van der Waals surface area contributed by atoms with Gasteiger partial charge in [0.05, 0.1) is 0 Å². The first-order valence-corrected chi connectivity index (χ1v) is 5.71. The molecule has 0 atom stereocenters. The van der Waals surface area contributed by atoms with Gasteiger partial charge in [-0.05, 0) is 35.7 Å². The Morgan fingerprint density at radius 3 is 2.75 bits per heavy atom. The molecule has 0 fully saturated rings. The van der Waals surface area contributed by atoms with Crippen LogP contribution in [0.4, 0.5) is 5.69 Å². The lowest BCUT2D eigenvalue weighted by Gasteiger charge is -2.30. The molecule has 0 saturated carbocycles. The van der Waals surface area contributed by atoms with Gasteiger partial charge in [0.2, 0.25) is 0 Å². The molecule has 1 aliphatic heterocycles. The maximum atomic E-state index is 3.16. The summed E-state index contributed by atoms with van der Waals surface area (Å²) in [6, 6.07) is 20.1. The molecule has 1 radical (unpaired) electrons. The van der Waals surface area contributed by atoms with E-state index in [9.17, 15) is 0 Å². The molecule has 1 nitrogen and oxygen atoms in total. The fraction of sp³-hybridized carbons (Fsp3) is 0.200. The molecule has 0 aliphatic carbocycles. The minimum absolute atomic E-state index is 1.02. The molecular formula is C15H14N. The number of hydrogen-bond acceptors (Lipinski definition) is 1. The van der Waals surface area contributed by atoms with Crippen LogP contribution in [0.3, 0.4) is 0 Å². The molecule has 16 heavy (non-hydrogen) atoms. The van der Waals surface area contributed by atoms with Crippen LogP contribution >= 0.6 is 0 Å². The average Bonchev–Trinajstić information content (AvgIpc) is 2.39. The van der Waals surface area contributed by atoms with Crippen LogP contribution in [0.1, 0.15) is 11.1 Å². The van der Waals surface area contributed by atoms with E-state index < -0.39 is 0 Å². The van der Waals surface area contributed by atoms with E-state index in [0.717, 1.165) is 19.5 Å². The topological polar surface area (TPSA) is 3.24 Å². The quantitative estimate of drug-likeness (QED) is 0.696. The molecular weight excluding hydrogens is 194 g/mol. The first-order valence-electron chi connectivity index (χ1n) is 5.71. The van der Waals surface area contributed by atoms with Gasteiger partial charge in [0, 0.05) is 18.8 Å². The van der Waals surface area contributed by atoms with E-state index in [4.69, 9.17) is 0 Å². The van der Waals surface area contributed by atoms with Crippen molar-refractivity contribution >= 4 is 5.69 Å². The molecule has 1 heteroatoms. The molecule has 0 spiro atoms. The highest BCUT2D eigenvalue weighted by Gasteiger charge is 2.15. The van der Waals surface area contributed by atoms with Gasteiger partial charge in [0.25, 0.3) is 0 Å². The monoisotopic (exact) mass is 208 g/mol. The summed E-state index contributed by atoms with van der Waals surface area (Å²) in [7, 11) is 0. The van der Waals surface area contributed by atoms with Crippen LogP contribution in [0.15, 0.2) is 48.5 Å². The highest BCUT2D eigenvalue weighted by molar-refractivity contribution is 5.49. The smallest absolute Gasteiger partial charge is 0.0432 e. The third kappa shape index (κ3) is 1.69. The zero-order valence-electron chi connectivity index (χ0n) is 9.19. The Hall–Kier alpha value is -1.76. The predicted octanol–water partition coefficient (Wildman–Crippen LogP) is 3.05. The molecule has 0 N–H and O–H groups in total. The number of anilines is 1. The SMILES string of the molecule is [c]1ccc2c(c1)CCN(c1ccccc1)C2. The summed E-state index contributed by atoms with van der Waals surface area (Å²) in [5.74, 6) is 0. The Morgan fingerprint density at radius 1 is 1.00 bits per heavy atom. The van der Waals surface area contributed by atoms with Crippen LogP contribution in [0.25, 0.3) is 0 Å². The van der Waals surface area contributed by atoms with Crippen LogP contribution in [0, 0.1) is 6.07 Å². The molecule has 1 heterocycles. The average molecular weight is 208 g/mol. The van der Waals surface area contributed by atoms with E-state index in [-0.39, 0.29) is 0 Å². The number of benzene rings is 2. The molecule has 79 valence electrons. The summed E-state index contributed by atoms with van der Waals surface area (Å²) < 4.78 is 0. The van der Waals surface area contributed by atoms with Crippen molar-refractivity contribution in [1.29, 1.82) is 0 Å². The van der Waals surface area contributed by atoms with Gasteiger partial charge in [0.1, 0.15) is 0 Å². The zero-order chi connectivity index (χ0) is 10.8. The van der Waals surface area contributed by atoms with Crippen molar-refractivity contribution in [3.63, 3.8) is 0 Å². The van der Waals surface area contributed by atoms with Gasteiger partial charge in [-0.25, -0.2) is 0 Å². The number of rotatable bonds is 1. The van der Waals surface area contributed by atoms with E-state index in [1.54, 1.807) is 0 Å². The van der Waals surface area contributed by atoms with Crippen molar-refractivity contribution in [2.45, 2.75) is 13.0 Å². The maximum absolute atomic E-state index is 3.16. The molecule has 3 rings (SSSR count). The molecule has 0 amide bonds. The molecule has 0 saturated heterocycles. The highest BCUT2D eigenvalue weighted by atomic mass is 15.1. The molecule has 2 aromatic carbocycles. The summed E-state index contributed by atoms with van der Waals surface area (Å²) in [4.78, 5) is 2.43. The Kier molecular flexibility index (Phi) is 2.37. The van der Waals surface area contributed by atoms with Crippen molar-refractivity contribution in [2.75, 3.05) is 11.4 Å². The molecule has 1 aliphatic rings. The van der Waals surface area contributed by atoms with Crippen molar-refractivity contribution in [2.24, 2.45) is 0 Å². The number of fused-ring (bicyclic) bond motifs is 1. The number of para-hydroxylation sites is 1. The normalized spacial score (nSPS) is 14.6. The second-order valence-corrected chi connectivity index (χ2v) is 4.20. The summed E-state index contributed by atoms with van der Waals surface area (Å²) in [5.41, 5.74) is 4.21. The summed E-state index contributed by atoms with van der Waals surface area (Å²) in [6.07, 6.45) is 1.13. The second kappa shape index (κ2) is 4.01. The Balaban J connectivity index is 1.89. The molecule has 2 aromatic rings. The van der Waals surface area contributed by atoms with Gasteiger partial charge in [-0.3, -0.25) is 0 Å². The van der Waals surface area contributed by atoms with Crippen molar-refractivity contribution in [3.05, 3.63) is 65.7 Å². The van der Waals surface area contributed by atoms with Gasteiger partial charge >= 0.3 is 0 Å². The molecule has 0 bridgehead atoms. The van der Waals surface area contributed by atoms with Gasteiger partial charge in [-0.1, -0.05) is 36.4 Å². The van der Waals surface area contributed by atoms with Gasteiger partial charge < -0.3 is 4.90 Å². The largest absolute Gasteiger partial charge is 0.367 e. The summed E-state index contributed by atoms with van der Waals surface area (Å²) in [5, 5.41) is 0. The van der Waals surface area contributed by atoms with Crippen LogP contribution in [-0.2, 0) is 13.0 Å². The fourth-order valence-electron chi connectivity index (χ4n) is 2.28. The third-order valence-electron chi connectivity index (χ3n) is 3.18. The van der Waals surface area contributed by atoms with E-state index in [1.165, 1.54) is 16.8 Å². The summed E-state index contributed by atoms with van der Waals surface area (Å²) in [6.45, 7) is 2.13.